The van der Waals surface area contributed by atoms with Crippen molar-refractivity contribution in [3.05, 3.63) is 35.4 Å². The van der Waals surface area contributed by atoms with Crippen LogP contribution in [0.15, 0.2) is 24.3 Å². The lowest BCUT2D eigenvalue weighted by molar-refractivity contribution is -0.126. The maximum absolute atomic E-state index is 11.7. The van der Waals surface area contributed by atoms with Crippen molar-refractivity contribution < 1.29 is 4.79 Å². The summed E-state index contributed by atoms with van der Waals surface area (Å²) in [5.41, 5.74) is 8.04. The molecule has 0 aromatic heterocycles. The van der Waals surface area contributed by atoms with Gasteiger partial charge in [-0.1, -0.05) is 24.3 Å². The number of hydrogen-bond donors (Lipinski definition) is 2. The minimum atomic E-state index is 0.141. The molecule has 0 saturated carbocycles. The SMILES string of the molecule is CNC(=O)C1CCCN(Cc2ccc(CN)cc2)C1. The lowest BCUT2D eigenvalue weighted by Gasteiger charge is -2.31. The largest absolute Gasteiger partial charge is 0.359 e. The standard InChI is InChI=1S/C15H23N3O/c1-17-15(19)14-3-2-8-18(11-14)10-13-6-4-12(9-16)5-7-13/h4-7,14H,2-3,8-11,16H2,1H3,(H,17,19). The van der Waals surface area contributed by atoms with Gasteiger partial charge in [0.2, 0.25) is 5.91 Å². The Hall–Kier alpha value is -1.39. The molecule has 0 spiro atoms. The summed E-state index contributed by atoms with van der Waals surface area (Å²) in [7, 11) is 1.72. The van der Waals surface area contributed by atoms with E-state index in [4.69, 9.17) is 5.73 Å². The predicted molar refractivity (Wildman–Crippen MR) is 76.4 cm³/mol. The zero-order valence-corrected chi connectivity index (χ0v) is 11.6. The minimum absolute atomic E-state index is 0.141. The molecule has 1 aliphatic rings. The topological polar surface area (TPSA) is 58.4 Å². The first-order chi connectivity index (χ1) is 9.22. The predicted octanol–water partition coefficient (Wildman–Crippen LogP) is 1.10. The van der Waals surface area contributed by atoms with Crippen LogP contribution >= 0.6 is 0 Å². The molecule has 19 heavy (non-hydrogen) atoms. The van der Waals surface area contributed by atoms with Crippen molar-refractivity contribution in [3.8, 4) is 0 Å². The molecular weight excluding hydrogens is 238 g/mol. The van der Waals surface area contributed by atoms with Crippen LogP contribution in [0.25, 0.3) is 0 Å². The Labute approximate surface area is 115 Å². The third kappa shape index (κ3) is 3.78. The molecule has 3 N–H and O–H groups in total. The highest BCUT2D eigenvalue weighted by Crippen LogP contribution is 2.18. The van der Waals surface area contributed by atoms with Crippen LogP contribution in [0.5, 0.6) is 0 Å². The highest BCUT2D eigenvalue weighted by atomic mass is 16.1. The van der Waals surface area contributed by atoms with E-state index in [9.17, 15) is 4.79 Å². The maximum Gasteiger partial charge on any atom is 0.224 e. The fourth-order valence-electron chi connectivity index (χ4n) is 2.66. The van der Waals surface area contributed by atoms with E-state index in [0.717, 1.165) is 38.0 Å². The molecule has 1 saturated heterocycles. The molecule has 1 fully saturated rings. The zero-order chi connectivity index (χ0) is 13.7. The van der Waals surface area contributed by atoms with Gasteiger partial charge >= 0.3 is 0 Å². The Kier molecular flexibility index (Phi) is 4.93. The number of likely N-dealkylation sites (tertiary alicyclic amines) is 1. The summed E-state index contributed by atoms with van der Waals surface area (Å²) >= 11 is 0. The van der Waals surface area contributed by atoms with Gasteiger partial charge in [0.15, 0.2) is 0 Å². The monoisotopic (exact) mass is 261 g/mol. The van der Waals surface area contributed by atoms with Crippen molar-refractivity contribution in [3.63, 3.8) is 0 Å². The van der Waals surface area contributed by atoms with Gasteiger partial charge in [-0.3, -0.25) is 9.69 Å². The first kappa shape index (κ1) is 14.0. The van der Waals surface area contributed by atoms with Gasteiger partial charge in [0.1, 0.15) is 0 Å². The Balaban J connectivity index is 1.92. The lowest BCUT2D eigenvalue weighted by Crippen LogP contribution is -2.41. The number of hydrogen-bond acceptors (Lipinski definition) is 3. The fourth-order valence-corrected chi connectivity index (χ4v) is 2.66. The van der Waals surface area contributed by atoms with E-state index >= 15 is 0 Å². The first-order valence-corrected chi connectivity index (χ1v) is 6.94. The number of piperidine rings is 1. The molecule has 1 aromatic rings. The van der Waals surface area contributed by atoms with Gasteiger partial charge in [0.25, 0.3) is 0 Å². The van der Waals surface area contributed by atoms with Gasteiger partial charge in [-0.2, -0.15) is 0 Å². The molecule has 1 amide bonds. The molecule has 4 heteroatoms. The van der Waals surface area contributed by atoms with Gasteiger partial charge < -0.3 is 11.1 Å². The molecular formula is C15H23N3O. The van der Waals surface area contributed by atoms with E-state index in [1.165, 1.54) is 5.56 Å². The Morgan fingerprint density at radius 2 is 2.05 bits per heavy atom. The van der Waals surface area contributed by atoms with Crippen LogP contribution in [0, 0.1) is 5.92 Å². The number of nitrogens with zero attached hydrogens (tertiary/aromatic N) is 1. The number of nitrogens with one attached hydrogen (secondary N) is 1. The van der Waals surface area contributed by atoms with Crippen molar-refractivity contribution in [1.29, 1.82) is 0 Å². The normalized spacial score (nSPS) is 20.2. The average Bonchev–Trinajstić information content (AvgIpc) is 2.47. The van der Waals surface area contributed by atoms with Crippen LogP contribution in [0.3, 0.4) is 0 Å². The van der Waals surface area contributed by atoms with Gasteiger partial charge in [0.05, 0.1) is 5.92 Å². The van der Waals surface area contributed by atoms with E-state index < -0.39 is 0 Å². The fraction of sp³-hybridized carbons (Fsp3) is 0.533. The number of nitrogens with two attached hydrogens (primary N) is 1. The van der Waals surface area contributed by atoms with Gasteiger partial charge in [-0.15, -0.1) is 0 Å². The third-order valence-electron chi connectivity index (χ3n) is 3.79. The summed E-state index contributed by atoms with van der Waals surface area (Å²) in [5.74, 6) is 0.310. The second-order valence-corrected chi connectivity index (χ2v) is 5.21. The molecule has 104 valence electrons. The number of amides is 1. The zero-order valence-electron chi connectivity index (χ0n) is 11.6. The second-order valence-electron chi connectivity index (χ2n) is 5.21. The molecule has 1 unspecified atom stereocenters. The van der Waals surface area contributed by atoms with E-state index in [0.29, 0.717) is 6.54 Å². The molecule has 0 bridgehead atoms. The highest BCUT2D eigenvalue weighted by molar-refractivity contribution is 5.78. The van der Waals surface area contributed by atoms with E-state index in [1.54, 1.807) is 7.05 Å². The van der Waals surface area contributed by atoms with Crippen LogP contribution in [0.1, 0.15) is 24.0 Å². The summed E-state index contributed by atoms with van der Waals surface area (Å²) in [6, 6.07) is 8.42. The number of carbonyl (C=O) groups is 1. The third-order valence-corrected chi connectivity index (χ3v) is 3.79. The summed E-state index contributed by atoms with van der Waals surface area (Å²) in [6.07, 6.45) is 2.10. The van der Waals surface area contributed by atoms with Crippen molar-refractivity contribution in [2.75, 3.05) is 20.1 Å². The van der Waals surface area contributed by atoms with Crippen LogP contribution in [-0.2, 0) is 17.9 Å². The van der Waals surface area contributed by atoms with Crippen molar-refractivity contribution in [2.24, 2.45) is 11.7 Å². The van der Waals surface area contributed by atoms with Crippen LogP contribution in [0.4, 0.5) is 0 Å². The maximum atomic E-state index is 11.7. The average molecular weight is 261 g/mol. The Morgan fingerprint density at radius 1 is 1.37 bits per heavy atom. The summed E-state index contributed by atoms with van der Waals surface area (Å²) in [5, 5.41) is 2.75. The highest BCUT2D eigenvalue weighted by Gasteiger charge is 2.24. The number of benzene rings is 1. The lowest BCUT2D eigenvalue weighted by atomic mass is 9.96. The van der Waals surface area contributed by atoms with Crippen molar-refractivity contribution >= 4 is 5.91 Å². The smallest absolute Gasteiger partial charge is 0.224 e. The minimum Gasteiger partial charge on any atom is -0.359 e. The molecule has 2 rings (SSSR count). The summed E-state index contributed by atoms with van der Waals surface area (Å²) < 4.78 is 0. The summed E-state index contributed by atoms with van der Waals surface area (Å²) in [4.78, 5) is 14.1. The van der Waals surface area contributed by atoms with Gasteiger partial charge in [-0.25, -0.2) is 0 Å². The van der Waals surface area contributed by atoms with Crippen molar-refractivity contribution in [1.82, 2.24) is 10.2 Å². The summed E-state index contributed by atoms with van der Waals surface area (Å²) in [6.45, 7) is 3.44. The molecule has 0 radical (unpaired) electrons. The first-order valence-electron chi connectivity index (χ1n) is 6.94. The van der Waals surface area contributed by atoms with Crippen LogP contribution in [-0.4, -0.2) is 30.9 Å². The Morgan fingerprint density at radius 3 is 2.68 bits per heavy atom. The molecule has 1 aliphatic heterocycles. The molecule has 1 heterocycles. The van der Waals surface area contributed by atoms with E-state index in [1.807, 2.05) is 0 Å². The Bertz CT molecular complexity index is 416. The molecule has 1 atom stereocenters. The number of rotatable bonds is 4. The van der Waals surface area contributed by atoms with Gasteiger partial charge in [-0.05, 0) is 30.5 Å². The second kappa shape index (κ2) is 6.68. The van der Waals surface area contributed by atoms with Crippen LogP contribution in [0.2, 0.25) is 0 Å². The molecule has 4 nitrogen and oxygen atoms in total. The molecule has 1 aromatic carbocycles. The number of carbonyl (C=O) groups excluding carboxylic acids is 1. The quantitative estimate of drug-likeness (QED) is 0.853. The van der Waals surface area contributed by atoms with Gasteiger partial charge in [0, 0.05) is 26.7 Å². The van der Waals surface area contributed by atoms with E-state index in [2.05, 4.69) is 34.5 Å². The van der Waals surface area contributed by atoms with Crippen molar-refractivity contribution in [2.45, 2.75) is 25.9 Å². The molecule has 0 aliphatic carbocycles. The van der Waals surface area contributed by atoms with Crippen LogP contribution < -0.4 is 11.1 Å². The van der Waals surface area contributed by atoms with E-state index in [-0.39, 0.29) is 11.8 Å².